The molecular formula is C16H22ClN3S. The number of nitrogens with zero attached hydrogens (tertiary/aromatic N) is 2. The Morgan fingerprint density at radius 3 is 2.90 bits per heavy atom. The molecule has 1 heterocycles. The van der Waals surface area contributed by atoms with Crippen LogP contribution in [-0.4, -0.2) is 21.6 Å². The molecule has 1 aromatic carbocycles. The van der Waals surface area contributed by atoms with Crippen molar-refractivity contribution in [3.63, 3.8) is 0 Å². The summed E-state index contributed by atoms with van der Waals surface area (Å²) in [5, 5.41) is 5.36. The van der Waals surface area contributed by atoms with Gasteiger partial charge in [-0.3, -0.25) is 4.68 Å². The normalized spacial score (nSPS) is 14.1. The quantitative estimate of drug-likeness (QED) is 0.778. The average molecular weight is 324 g/mol. The van der Waals surface area contributed by atoms with Crippen molar-refractivity contribution in [2.24, 2.45) is 5.73 Å². The van der Waals surface area contributed by atoms with Crippen molar-refractivity contribution in [3.8, 4) is 0 Å². The van der Waals surface area contributed by atoms with Gasteiger partial charge in [0.2, 0.25) is 0 Å². The Kier molecular flexibility index (Phi) is 6.15. The SMILES string of the molecule is CCC(C)n1ccc(CC(N)CSc2cccc(Cl)c2)n1. The van der Waals surface area contributed by atoms with Gasteiger partial charge in [0.1, 0.15) is 0 Å². The number of rotatable bonds is 7. The van der Waals surface area contributed by atoms with Gasteiger partial charge in [0.05, 0.1) is 5.69 Å². The van der Waals surface area contributed by atoms with Crippen molar-refractivity contribution in [2.45, 2.75) is 43.7 Å². The predicted molar refractivity (Wildman–Crippen MR) is 91.1 cm³/mol. The van der Waals surface area contributed by atoms with E-state index in [1.807, 2.05) is 29.1 Å². The number of nitrogens with two attached hydrogens (primary N) is 1. The number of halogens is 1. The molecule has 0 aliphatic heterocycles. The molecule has 0 saturated carbocycles. The van der Waals surface area contributed by atoms with Gasteiger partial charge in [-0.25, -0.2) is 0 Å². The second-order valence-electron chi connectivity index (χ2n) is 5.28. The fourth-order valence-electron chi connectivity index (χ4n) is 2.01. The number of hydrogen-bond donors (Lipinski definition) is 1. The molecule has 1 aromatic heterocycles. The molecule has 2 atom stereocenters. The maximum absolute atomic E-state index is 6.21. The first-order valence-electron chi connectivity index (χ1n) is 7.26. The van der Waals surface area contributed by atoms with Gasteiger partial charge in [0.25, 0.3) is 0 Å². The molecule has 0 aliphatic carbocycles. The highest BCUT2D eigenvalue weighted by atomic mass is 35.5. The molecule has 0 bridgehead atoms. The van der Waals surface area contributed by atoms with Crippen LogP contribution in [-0.2, 0) is 6.42 Å². The van der Waals surface area contributed by atoms with Crippen molar-refractivity contribution in [2.75, 3.05) is 5.75 Å². The number of aromatic nitrogens is 2. The largest absolute Gasteiger partial charge is 0.327 e. The number of hydrogen-bond acceptors (Lipinski definition) is 3. The van der Waals surface area contributed by atoms with E-state index in [9.17, 15) is 0 Å². The van der Waals surface area contributed by atoms with Crippen molar-refractivity contribution in [1.82, 2.24) is 9.78 Å². The monoisotopic (exact) mass is 323 g/mol. The molecule has 114 valence electrons. The highest BCUT2D eigenvalue weighted by Gasteiger charge is 2.09. The molecule has 0 aliphatic rings. The van der Waals surface area contributed by atoms with Crippen LogP contribution in [0, 0.1) is 0 Å². The molecule has 2 N–H and O–H groups in total. The van der Waals surface area contributed by atoms with Crippen LogP contribution in [0.2, 0.25) is 5.02 Å². The Bertz CT molecular complexity index is 570. The standard InChI is InChI=1S/C16H22ClN3S/c1-3-12(2)20-8-7-15(19-20)10-14(18)11-21-16-6-4-5-13(17)9-16/h4-9,12,14H,3,10-11,18H2,1-2H3. The molecule has 0 saturated heterocycles. The van der Waals surface area contributed by atoms with E-state index in [0.717, 1.165) is 34.2 Å². The minimum atomic E-state index is 0.0919. The van der Waals surface area contributed by atoms with Crippen LogP contribution in [0.3, 0.4) is 0 Å². The van der Waals surface area contributed by atoms with E-state index in [1.54, 1.807) is 11.8 Å². The zero-order valence-electron chi connectivity index (χ0n) is 12.5. The molecule has 0 radical (unpaired) electrons. The van der Waals surface area contributed by atoms with Crippen LogP contribution in [0.4, 0.5) is 0 Å². The van der Waals surface area contributed by atoms with Crippen LogP contribution >= 0.6 is 23.4 Å². The maximum atomic E-state index is 6.21. The Balaban J connectivity index is 1.84. The number of thioether (sulfide) groups is 1. The molecule has 5 heteroatoms. The molecule has 2 rings (SSSR count). The van der Waals surface area contributed by atoms with Crippen molar-refractivity contribution < 1.29 is 0 Å². The summed E-state index contributed by atoms with van der Waals surface area (Å²) in [5.41, 5.74) is 7.27. The molecule has 2 unspecified atom stereocenters. The van der Waals surface area contributed by atoms with E-state index < -0.39 is 0 Å². The number of benzene rings is 1. The highest BCUT2D eigenvalue weighted by Crippen LogP contribution is 2.22. The lowest BCUT2D eigenvalue weighted by atomic mass is 10.2. The molecule has 2 aromatic rings. The Morgan fingerprint density at radius 1 is 1.38 bits per heavy atom. The van der Waals surface area contributed by atoms with Crippen molar-refractivity contribution in [1.29, 1.82) is 0 Å². The van der Waals surface area contributed by atoms with Gasteiger partial charge in [0.15, 0.2) is 0 Å². The van der Waals surface area contributed by atoms with Crippen LogP contribution in [0.1, 0.15) is 32.0 Å². The average Bonchev–Trinajstić information content (AvgIpc) is 2.93. The fourth-order valence-corrected chi connectivity index (χ4v) is 3.17. The van der Waals surface area contributed by atoms with Crippen LogP contribution < -0.4 is 5.73 Å². The molecule has 3 nitrogen and oxygen atoms in total. The first-order chi connectivity index (χ1) is 10.1. The Morgan fingerprint density at radius 2 is 2.19 bits per heavy atom. The van der Waals surface area contributed by atoms with E-state index in [1.165, 1.54) is 0 Å². The minimum absolute atomic E-state index is 0.0919. The van der Waals surface area contributed by atoms with Crippen LogP contribution in [0.15, 0.2) is 41.4 Å². The van der Waals surface area contributed by atoms with Gasteiger partial charge < -0.3 is 5.73 Å². The van der Waals surface area contributed by atoms with Gasteiger partial charge in [-0.1, -0.05) is 24.6 Å². The Hall–Kier alpha value is -0.970. The van der Waals surface area contributed by atoms with Crippen LogP contribution in [0.25, 0.3) is 0 Å². The summed E-state index contributed by atoms with van der Waals surface area (Å²) in [7, 11) is 0. The summed E-state index contributed by atoms with van der Waals surface area (Å²) in [6, 6.07) is 10.5. The third-order valence-corrected chi connectivity index (χ3v) is 4.85. The van der Waals surface area contributed by atoms with Gasteiger partial charge in [0, 0.05) is 40.4 Å². The summed E-state index contributed by atoms with van der Waals surface area (Å²) in [4.78, 5) is 1.16. The lowest BCUT2D eigenvalue weighted by Gasteiger charge is -2.11. The first-order valence-corrected chi connectivity index (χ1v) is 8.62. The second-order valence-corrected chi connectivity index (χ2v) is 6.81. The fraction of sp³-hybridized carbons (Fsp3) is 0.438. The van der Waals surface area contributed by atoms with E-state index in [2.05, 4.69) is 31.1 Å². The zero-order valence-corrected chi connectivity index (χ0v) is 14.1. The molecular weight excluding hydrogens is 302 g/mol. The third kappa shape index (κ3) is 5.06. The molecule has 21 heavy (non-hydrogen) atoms. The van der Waals surface area contributed by atoms with Gasteiger partial charge in [-0.05, 0) is 37.6 Å². The van der Waals surface area contributed by atoms with E-state index in [-0.39, 0.29) is 6.04 Å². The van der Waals surface area contributed by atoms with E-state index >= 15 is 0 Å². The smallest absolute Gasteiger partial charge is 0.0640 e. The summed E-state index contributed by atoms with van der Waals surface area (Å²) in [6.45, 7) is 4.34. The Labute approximate surface area is 135 Å². The maximum Gasteiger partial charge on any atom is 0.0640 e. The molecule has 0 spiro atoms. The first kappa shape index (κ1) is 16.4. The summed E-state index contributed by atoms with van der Waals surface area (Å²) in [5.74, 6) is 0.858. The van der Waals surface area contributed by atoms with Crippen LogP contribution in [0.5, 0.6) is 0 Å². The summed E-state index contributed by atoms with van der Waals surface area (Å²) in [6.07, 6.45) is 3.93. The summed E-state index contributed by atoms with van der Waals surface area (Å²) >= 11 is 7.71. The van der Waals surface area contributed by atoms with Gasteiger partial charge in [-0.2, -0.15) is 5.10 Å². The van der Waals surface area contributed by atoms with Gasteiger partial charge >= 0.3 is 0 Å². The van der Waals surface area contributed by atoms with Crippen molar-refractivity contribution in [3.05, 3.63) is 47.2 Å². The van der Waals surface area contributed by atoms with Gasteiger partial charge in [-0.15, -0.1) is 11.8 Å². The molecule has 0 fully saturated rings. The highest BCUT2D eigenvalue weighted by molar-refractivity contribution is 7.99. The topological polar surface area (TPSA) is 43.8 Å². The van der Waals surface area contributed by atoms with E-state index in [0.29, 0.717) is 6.04 Å². The summed E-state index contributed by atoms with van der Waals surface area (Å²) < 4.78 is 2.02. The molecule has 0 amide bonds. The zero-order chi connectivity index (χ0) is 15.2. The lowest BCUT2D eigenvalue weighted by Crippen LogP contribution is -2.25. The second kappa shape index (κ2) is 7.87. The third-order valence-electron chi connectivity index (χ3n) is 3.44. The predicted octanol–water partition coefficient (Wildman–Crippen LogP) is 4.17. The van der Waals surface area contributed by atoms with Crippen molar-refractivity contribution >= 4 is 23.4 Å². The lowest BCUT2D eigenvalue weighted by molar-refractivity contribution is 0.472. The van der Waals surface area contributed by atoms with E-state index in [4.69, 9.17) is 17.3 Å². The minimum Gasteiger partial charge on any atom is -0.327 e.